The first-order valence-electron chi connectivity index (χ1n) is 6.41. The second-order valence-electron chi connectivity index (χ2n) is 4.47. The number of nitrogens with one attached hydrogen (secondary N) is 1. The molecule has 0 heterocycles. The Morgan fingerprint density at radius 2 is 1.79 bits per heavy atom. The quantitative estimate of drug-likeness (QED) is 0.387. The summed E-state index contributed by atoms with van der Waals surface area (Å²) in [7, 11) is 0. The fourth-order valence-electron chi connectivity index (χ4n) is 1.69. The maximum absolute atomic E-state index is 11.6. The van der Waals surface area contributed by atoms with Crippen LogP contribution in [0.2, 0.25) is 0 Å². The van der Waals surface area contributed by atoms with Crippen molar-refractivity contribution in [2.45, 2.75) is 32.1 Å². The molecule has 4 nitrogen and oxygen atoms in total. The largest absolute Gasteiger partial charge is 0.399 e. The van der Waals surface area contributed by atoms with Crippen LogP contribution in [0.5, 0.6) is 0 Å². The summed E-state index contributed by atoms with van der Waals surface area (Å²) in [5, 5.41) is 2.78. The van der Waals surface area contributed by atoms with Gasteiger partial charge in [0, 0.05) is 18.7 Å². The van der Waals surface area contributed by atoms with Gasteiger partial charge in [0.2, 0.25) is 5.91 Å². The lowest BCUT2D eigenvalue weighted by atomic mass is 10.1. The van der Waals surface area contributed by atoms with E-state index in [-0.39, 0.29) is 11.0 Å². The molecule has 0 unspecified atom stereocenters. The van der Waals surface area contributed by atoms with Crippen molar-refractivity contribution >= 4 is 29.3 Å². The van der Waals surface area contributed by atoms with Crippen molar-refractivity contribution in [3.8, 4) is 0 Å². The van der Waals surface area contributed by atoms with E-state index in [1.807, 2.05) is 12.1 Å². The van der Waals surface area contributed by atoms with Gasteiger partial charge in [-0.2, -0.15) is 0 Å². The number of nitrogens with two attached hydrogens (primary N) is 1. The third kappa shape index (κ3) is 7.51. The summed E-state index contributed by atoms with van der Waals surface area (Å²) >= 11 is 3.70. The Hall–Kier alpha value is -1.49. The molecular formula is C14H20N2O2S. The monoisotopic (exact) mass is 280 g/mol. The summed E-state index contributed by atoms with van der Waals surface area (Å²) in [5.74, 6) is 0.00930. The number of rotatable bonds is 8. The van der Waals surface area contributed by atoms with E-state index in [1.54, 1.807) is 12.1 Å². The molecule has 19 heavy (non-hydrogen) atoms. The molecule has 0 aliphatic rings. The van der Waals surface area contributed by atoms with Gasteiger partial charge in [-0.3, -0.25) is 9.59 Å². The number of carbonyl (C=O) groups is 2. The molecule has 0 saturated carbocycles. The molecule has 1 aromatic carbocycles. The number of hydrogen-bond acceptors (Lipinski definition) is 3. The fraction of sp³-hybridized carbons (Fsp3) is 0.429. The van der Waals surface area contributed by atoms with E-state index in [0.717, 1.165) is 24.8 Å². The maximum Gasteiger partial charge on any atom is 0.224 e. The van der Waals surface area contributed by atoms with Crippen LogP contribution in [0, 0.1) is 0 Å². The molecule has 0 atom stereocenters. The highest BCUT2D eigenvalue weighted by Gasteiger charge is 2.02. The third-order valence-electron chi connectivity index (χ3n) is 2.73. The van der Waals surface area contributed by atoms with Gasteiger partial charge >= 0.3 is 0 Å². The predicted octanol–water partition coefficient (Wildman–Crippen LogP) is 1.94. The normalized spacial score (nSPS) is 10.2. The Bertz CT molecular complexity index is 418. The summed E-state index contributed by atoms with van der Waals surface area (Å²) in [6.07, 6.45) is 3.51. The molecule has 1 aromatic rings. The molecule has 0 radical (unpaired) electrons. The Morgan fingerprint density at radius 3 is 2.42 bits per heavy atom. The number of nitrogen functional groups attached to an aromatic ring is 1. The van der Waals surface area contributed by atoms with Crippen LogP contribution in [-0.4, -0.2) is 17.6 Å². The van der Waals surface area contributed by atoms with Gasteiger partial charge < -0.3 is 11.1 Å². The third-order valence-corrected chi connectivity index (χ3v) is 2.96. The lowest BCUT2D eigenvalue weighted by Crippen LogP contribution is -2.26. The van der Waals surface area contributed by atoms with Gasteiger partial charge in [-0.1, -0.05) is 18.6 Å². The van der Waals surface area contributed by atoms with E-state index in [2.05, 4.69) is 17.9 Å². The second kappa shape index (κ2) is 8.58. The molecule has 1 rings (SSSR count). The minimum Gasteiger partial charge on any atom is -0.399 e. The van der Waals surface area contributed by atoms with Crippen LogP contribution in [0.25, 0.3) is 0 Å². The van der Waals surface area contributed by atoms with Crippen molar-refractivity contribution in [3.63, 3.8) is 0 Å². The summed E-state index contributed by atoms with van der Waals surface area (Å²) < 4.78 is 0. The first kappa shape index (κ1) is 15.6. The van der Waals surface area contributed by atoms with Crippen LogP contribution in [0.3, 0.4) is 0 Å². The zero-order valence-electron chi connectivity index (χ0n) is 10.9. The molecule has 0 aromatic heterocycles. The molecule has 0 spiro atoms. The summed E-state index contributed by atoms with van der Waals surface area (Å²) in [6, 6.07) is 7.29. The van der Waals surface area contributed by atoms with Crippen molar-refractivity contribution < 1.29 is 9.59 Å². The van der Waals surface area contributed by atoms with Gasteiger partial charge in [0.15, 0.2) is 5.12 Å². The van der Waals surface area contributed by atoms with E-state index >= 15 is 0 Å². The molecule has 3 N–H and O–H groups in total. The molecule has 5 heteroatoms. The molecule has 0 saturated heterocycles. The number of carbonyl (C=O) groups excluding carboxylic acids is 2. The standard InChI is InChI=1S/C14H20N2O2S/c15-12-7-5-11(6-8-12)10-13(17)16-9-3-1-2-4-14(18)19/h5-8H,1-4,9-10,15H2,(H,16,17)(H,18,19). The molecule has 0 fully saturated rings. The molecule has 1 amide bonds. The van der Waals surface area contributed by atoms with Crippen LogP contribution < -0.4 is 11.1 Å². The zero-order valence-corrected chi connectivity index (χ0v) is 11.8. The first-order chi connectivity index (χ1) is 9.08. The summed E-state index contributed by atoms with van der Waals surface area (Å²) in [5.41, 5.74) is 7.22. The highest BCUT2D eigenvalue weighted by atomic mass is 32.1. The number of benzene rings is 1. The van der Waals surface area contributed by atoms with E-state index in [1.165, 1.54) is 0 Å². The van der Waals surface area contributed by atoms with E-state index < -0.39 is 0 Å². The van der Waals surface area contributed by atoms with E-state index in [9.17, 15) is 9.59 Å². The number of anilines is 1. The first-order valence-corrected chi connectivity index (χ1v) is 6.85. The van der Waals surface area contributed by atoms with Gasteiger partial charge in [0.1, 0.15) is 0 Å². The molecule has 0 bridgehead atoms. The van der Waals surface area contributed by atoms with Crippen LogP contribution in [0.1, 0.15) is 31.2 Å². The smallest absolute Gasteiger partial charge is 0.224 e. The SMILES string of the molecule is Nc1ccc(CC(=O)NCCCCCC(=O)S)cc1. The van der Waals surface area contributed by atoms with Crippen LogP contribution in [0.15, 0.2) is 24.3 Å². The van der Waals surface area contributed by atoms with Gasteiger partial charge in [-0.15, -0.1) is 12.6 Å². The maximum atomic E-state index is 11.6. The fourth-order valence-corrected chi connectivity index (χ4v) is 1.85. The number of unbranched alkanes of at least 4 members (excludes halogenated alkanes) is 2. The minimum absolute atomic E-state index is 0.00930. The number of thiol groups is 1. The molecule has 0 aliphatic carbocycles. The number of amides is 1. The van der Waals surface area contributed by atoms with Gasteiger partial charge in [-0.05, 0) is 30.5 Å². The van der Waals surface area contributed by atoms with Crippen LogP contribution >= 0.6 is 12.6 Å². The summed E-state index contributed by atoms with van der Waals surface area (Å²) in [4.78, 5) is 22.2. The van der Waals surface area contributed by atoms with Crippen LogP contribution in [-0.2, 0) is 16.0 Å². The molecule has 104 valence electrons. The highest BCUT2D eigenvalue weighted by molar-refractivity contribution is 7.96. The van der Waals surface area contributed by atoms with E-state index in [0.29, 0.717) is 25.1 Å². The number of hydrogen-bond donors (Lipinski definition) is 3. The Labute approximate surface area is 119 Å². The summed E-state index contributed by atoms with van der Waals surface area (Å²) in [6.45, 7) is 0.647. The second-order valence-corrected chi connectivity index (χ2v) is 4.97. The van der Waals surface area contributed by atoms with E-state index in [4.69, 9.17) is 5.73 Å². The lowest BCUT2D eigenvalue weighted by Gasteiger charge is -2.05. The van der Waals surface area contributed by atoms with Crippen molar-refractivity contribution in [1.82, 2.24) is 5.32 Å². The predicted molar refractivity (Wildman–Crippen MR) is 80.0 cm³/mol. The molecule has 0 aliphatic heterocycles. The van der Waals surface area contributed by atoms with Crippen molar-refractivity contribution in [2.24, 2.45) is 0 Å². The van der Waals surface area contributed by atoms with Crippen molar-refractivity contribution in [2.75, 3.05) is 12.3 Å². The lowest BCUT2D eigenvalue weighted by molar-refractivity contribution is -0.120. The Balaban J connectivity index is 2.11. The average molecular weight is 280 g/mol. The van der Waals surface area contributed by atoms with Gasteiger partial charge in [-0.25, -0.2) is 0 Å². The van der Waals surface area contributed by atoms with Gasteiger partial charge in [0.05, 0.1) is 6.42 Å². The Kier molecular flexibility index (Phi) is 7.03. The molecular weight excluding hydrogens is 260 g/mol. The minimum atomic E-state index is -0.0765. The topological polar surface area (TPSA) is 72.2 Å². The van der Waals surface area contributed by atoms with Gasteiger partial charge in [0.25, 0.3) is 0 Å². The highest BCUT2D eigenvalue weighted by Crippen LogP contribution is 2.06. The Morgan fingerprint density at radius 1 is 1.11 bits per heavy atom. The van der Waals surface area contributed by atoms with Crippen molar-refractivity contribution in [3.05, 3.63) is 29.8 Å². The van der Waals surface area contributed by atoms with Crippen molar-refractivity contribution in [1.29, 1.82) is 0 Å². The van der Waals surface area contributed by atoms with Crippen LogP contribution in [0.4, 0.5) is 5.69 Å². The zero-order chi connectivity index (χ0) is 14.1. The average Bonchev–Trinajstić information content (AvgIpc) is 2.36.